The van der Waals surface area contributed by atoms with Gasteiger partial charge in [0.15, 0.2) is 0 Å². The molecule has 1 saturated heterocycles. The highest BCUT2D eigenvalue weighted by molar-refractivity contribution is 6.31. The molecule has 5 heteroatoms. The van der Waals surface area contributed by atoms with Crippen molar-refractivity contribution in [1.82, 2.24) is 4.98 Å². The summed E-state index contributed by atoms with van der Waals surface area (Å²) < 4.78 is 5.95. The van der Waals surface area contributed by atoms with E-state index in [9.17, 15) is 10.2 Å². The van der Waals surface area contributed by atoms with Crippen LogP contribution in [0.3, 0.4) is 0 Å². The third-order valence-electron chi connectivity index (χ3n) is 5.62. The Hall–Kier alpha value is -2.24. The SMILES string of the molecule is Cc1ccc(-c2ccc(Cc3cc([C@H]4CC(O)C[C@@H](CO)O4)ccc3Cl)cc2)cn1. The molecule has 0 spiro atoms. The third kappa shape index (κ3) is 4.90. The molecule has 2 N–H and O–H groups in total. The molecule has 1 aromatic heterocycles. The Balaban J connectivity index is 1.51. The number of ether oxygens (including phenoxy) is 1. The molecule has 0 saturated carbocycles. The van der Waals surface area contributed by atoms with Crippen LogP contribution >= 0.6 is 11.6 Å². The number of hydrogen-bond donors (Lipinski definition) is 2. The lowest BCUT2D eigenvalue weighted by Gasteiger charge is -2.32. The maximum atomic E-state index is 10.1. The Labute approximate surface area is 182 Å². The lowest BCUT2D eigenvalue weighted by Crippen LogP contribution is -2.33. The summed E-state index contributed by atoms with van der Waals surface area (Å²) in [7, 11) is 0. The predicted molar refractivity (Wildman–Crippen MR) is 119 cm³/mol. The van der Waals surface area contributed by atoms with Crippen molar-refractivity contribution in [2.75, 3.05) is 6.61 Å². The molecule has 30 heavy (non-hydrogen) atoms. The van der Waals surface area contributed by atoms with Crippen LogP contribution < -0.4 is 0 Å². The highest BCUT2D eigenvalue weighted by Crippen LogP contribution is 2.34. The van der Waals surface area contributed by atoms with Gasteiger partial charge in [-0.2, -0.15) is 0 Å². The van der Waals surface area contributed by atoms with Crippen molar-refractivity contribution in [1.29, 1.82) is 0 Å². The monoisotopic (exact) mass is 423 g/mol. The summed E-state index contributed by atoms with van der Waals surface area (Å²) in [6.07, 6.45) is 2.55. The minimum absolute atomic E-state index is 0.0864. The number of aliphatic hydroxyl groups excluding tert-OH is 2. The number of benzene rings is 2. The molecule has 2 heterocycles. The molecule has 0 radical (unpaired) electrons. The summed E-state index contributed by atoms with van der Waals surface area (Å²) in [6, 6.07) is 18.4. The van der Waals surface area contributed by atoms with Crippen molar-refractivity contribution in [2.45, 2.75) is 44.5 Å². The zero-order valence-corrected chi connectivity index (χ0v) is 17.7. The number of hydrogen-bond acceptors (Lipinski definition) is 4. The van der Waals surface area contributed by atoms with Crippen molar-refractivity contribution >= 4 is 11.6 Å². The first kappa shape index (κ1) is 21.0. The first-order valence-corrected chi connectivity index (χ1v) is 10.6. The van der Waals surface area contributed by atoms with E-state index in [-0.39, 0.29) is 18.8 Å². The van der Waals surface area contributed by atoms with E-state index in [0.29, 0.717) is 24.3 Å². The second-order valence-electron chi connectivity index (χ2n) is 7.97. The maximum absolute atomic E-state index is 10.1. The molecule has 1 aliphatic heterocycles. The zero-order valence-electron chi connectivity index (χ0n) is 17.0. The molecule has 0 bridgehead atoms. The molecule has 1 aliphatic rings. The first-order valence-electron chi connectivity index (χ1n) is 10.3. The van der Waals surface area contributed by atoms with Crippen LogP contribution in [0.15, 0.2) is 60.8 Å². The summed E-state index contributed by atoms with van der Waals surface area (Å²) in [4.78, 5) is 4.37. The molecule has 0 aliphatic carbocycles. The fraction of sp³-hybridized carbons (Fsp3) is 0.320. The summed E-state index contributed by atoms with van der Waals surface area (Å²) in [6.45, 7) is 1.89. The van der Waals surface area contributed by atoms with Gasteiger partial charge < -0.3 is 14.9 Å². The second kappa shape index (κ2) is 9.27. The maximum Gasteiger partial charge on any atom is 0.0854 e. The smallest absolute Gasteiger partial charge is 0.0854 e. The molecule has 0 amide bonds. The van der Waals surface area contributed by atoms with Crippen LogP contribution in [0, 0.1) is 6.92 Å². The van der Waals surface area contributed by atoms with Crippen molar-refractivity contribution in [3.05, 3.63) is 88.2 Å². The number of pyridine rings is 1. The van der Waals surface area contributed by atoms with Crippen LogP contribution in [0.5, 0.6) is 0 Å². The Morgan fingerprint density at radius 1 is 1.03 bits per heavy atom. The van der Waals surface area contributed by atoms with Gasteiger partial charge in [0, 0.05) is 35.3 Å². The summed E-state index contributed by atoms with van der Waals surface area (Å²) in [5, 5.41) is 20.2. The van der Waals surface area contributed by atoms with E-state index >= 15 is 0 Å². The topological polar surface area (TPSA) is 62.6 Å². The lowest BCUT2D eigenvalue weighted by atomic mass is 9.94. The molecular formula is C25H26ClNO3. The summed E-state index contributed by atoms with van der Waals surface area (Å²) in [5.74, 6) is 0. The molecule has 2 aromatic carbocycles. The van der Waals surface area contributed by atoms with Gasteiger partial charge in [-0.15, -0.1) is 0 Å². The van der Waals surface area contributed by atoms with Gasteiger partial charge >= 0.3 is 0 Å². The predicted octanol–water partition coefficient (Wildman–Crippen LogP) is 4.87. The van der Waals surface area contributed by atoms with E-state index < -0.39 is 6.10 Å². The fourth-order valence-electron chi connectivity index (χ4n) is 3.93. The van der Waals surface area contributed by atoms with Gasteiger partial charge in [0.1, 0.15) is 0 Å². The molecule has 3 atom stereocenters. The number of nitrogens with zero attached hydrogens (tertiary/aromatic N) is 1. The van der Waals surface area contributed by atoms with Crippen molar-refractivity contribution < 1.29 is 14.9 Å². The standard InChI is InChI=1S/C25H26ClNO3/c1-16-2-5-20(14-27-16)18-6-3-17(4-7-18)10-21-11-19(8-9-24(21)26)25-13-22(29)12-23(15-28)30-25/h2-9,11,14,22-23,25,28-29H,10,12-13,15H2,1H3/t22?,23-,25+/m0/s1. The lowest BCUT2D eigenvalue weighted by molar-refractivity contribution is -0.113. The van der Waals surface area contributed by atoms with E-state index in [4.69, 9.17) is 16.3 Å². The van der Waals surface area contributed by atoms with Crippen LogP contribution in [0.2, 0.25) is 5.02 Å². The second-order valence-corrected chi connectivity index (χ2v) is 8.37. The minimum Gasteiger partial charge on any atom is -0.394 e. The first-order chi connectivity index (χ1) is 14.5. The van der Waals surface area contributed by atoms with E-state index in [1.54, 1.807) is 0 Å². The average molecular weight is 424 g/mol. The Kier molecular flexibility index (Phi) is 6.49. The Morgan fingerprint density at radius 3 is 2.50 bits per heavy atom. The quantitative estimate of drug-likeness (QED) is 0.614. The van der Waals surface area contributed by atoms with Crippen molar-refractivity contribution in [3.8, 4) is 11.1 Å². The van der Waals surface area contributed by atoms with E-state index in [0.717, 1.165) is 33.5 Å². The van der Waals surface area contributed by atoms with Crippen LogP contribution in [-0.2, 0) is 11.2 Å². The van der Waals surface area contributed by atoms with Crippen LogP contribution in [0.1, 0.15) is 41.3 Å². The third-order valence-corrected chi connectivity index (χ3v) is 5.98. The van der Waals surface area contributed by atoms with E-state index in [1.165, 1.54) is 0 Å². The van der Waals surface area contributed by atoms with Gasteiger partial charge in [0.25, 0.3) is 0 Å². The van der Waals surface area contributed by atoms with E-state index in [2.05, 4.69) is 41.4 Å². The number of rotatable bonds is 5. The summed E-state index contributed by atoms with van der Waals surface area (Å²) >= 11 is 6.47. The van der Waals surface area contributed by atoms with Gasteiger partial charge in [-0.05, 0) is 47.7 Å². The van der Waals surface area contributed by atoms with Crippen LogP contribution in [-0.4, -0.2) is 34.0 Å². The van der Waals surface area contributed by atoms with Gasteiger partial charge in [-0.3, -0.25) is 4.98 Å². The molecular weight excluding hydrogens is 398 g/mol. The van der Waals surface area contributed by atoms with Gasteiger partial charge in [-0.1, -0.05) is 54.1 Å². The number of aliphatic hydroxyl groups is 2. The minimum atomic E-state index is -0.469. The highest BCUT2D eigenvalue weighted by atomic mass is 35.5. The highest BCUT2D eigenvalue weighted by Gasteiger charge is 2.29. The van der Waals surface area contributed by atoms with Crippen molar-refractivity contribution in [2.24, 2.45) is 0 Å². The van der Waals surface area contributed by atoms with Gasteiger partial charge in [-0.25, -0.2) is 0 Å². The van der Waals surface area contributed by atoms with Crippen LogP contribution in [0.25, 0.3) is 11.1 Å². The van der Waals surface area contributed by atoms with Gasteiger partial charge in [0.2, 0.25) is 0 Å². The molecule has 1 unspecified atom stereocenters. The molecule has 4 rings (SSSR count). The molecule has 1 fully saturated rings. The van der Waals surface area contributed by atoms with Crippen molar-refractivity contribution in [3.63, 3.8) is 0 Å². The van der Waals surface area contributed by atoms with Gasteiger partial charge in [0.05, 0.1) is 24.9 Å². The Bertz CT molecular complexity index is 988. The normalized spacial score (nSPS) is 21.5. The number of aryl methyl sites for hydroxylation is 1. The largest absolute Gasteiger partial charge is 0.394 e. The molecule has 3 aromatic rings. The molecule has 4 nitrogen and oxygen atoms in total. The zero-order chi connectivity index (χ0) is 21.1. The van der Waals surface area contributed by atoms with E-state index in [1.807, 2.05) is 31.3 Å². The summed E-state index contributed by atoms with van der Waals surface area (Å²) in [5.41, 5.74) is 6.39. The average Bonchev–Trinajstić information content (AvgIpc) is 2.76. The Morgan fingerprint density at radius 2 is 1.80 bits per heavy atom. The number of halogens is 1. The fourth-order valence-corrected chi connectivity index (χ4v) is 4.11. The number of aromatic nitrogens is 1. The molecule has 156 valence electrons. The van der Waals surface area contributed by atoms with Crippen LogP contribution in [0.4, 0.5) is 0 Å².